The highest BCUT2D eigenvalue weighted by molar-refractivity contribution is 7.71. The molecule has 0 spiro atoms. The van der Waals surface area contributed by atoms with Crippen LogP contribution in [0.2, 0.25) is 0 Å². The first-order valence-corrected chi connectivity index (χ1v) is 10.4. The maximum absolute atomic E-state index is 5.79. The Morgan fingerprint density at radius 1 is 1.04 bits per heavy atom. The zero-order chi connectivity index (χ0) is 19.3. The summed E-state index contributed by atoms with van der Waals surface area (Å²) in [5.41, 5.74) is 2.12. The van der Waals surface area contributed by atoms with Gasteiger partial charge >= 0.3 is 0 Å². The molecular weight excluding hydrogens is 386 g/mol. The first kappa shape index (κ1) is 18.7. The Balaban J connectivity index is 1.60. The Bertz CT molecular complexity index is 1070. The van der Waals surface area contributed by atoms with Gasteiger partial charge in [0, 0.05) is 30.5 Å². The fraction of sp³-hybridized carbons (Fsp3) is 0.190. The van der Waals surface area contributed by atoms with Gasteiger partial charge in [0.1, 0.15) is 0 Å². The van der Waals surface area contributed by atoms with Crippen molar-refractivity contribution in [3.8, 4) is 16.4 Å². The van der Waals surface area contributed by atoms with Gasteiger partial charge in [-0.25, -0.2) is 4.68 Å². The van der Waals surface area contributed by atoms with Crippen molar-refractivity contribution in [1.29, 1.82) is 0 Å². The lowest BCUT2D eigenvalue weighted by atomic mass is 10.2. The van der Waals surface area contributed by atoms with Gasteiger partial charge in [0.05, 0.1) is 11.5 Å². The fourth-order valence-corrected chi connectivity index (χ4v) is 4.01. The molecule has 0 N–H and O–H groups in total. The largest absolute Gasteiger partial charge is 0.287 e. The molecule has 0 radical (unpaired) electrons. The van der Waals surface area contributed by atoms with Gasteiger partial charge in [0.15, 0.2) is 5.82 Å². The zero-order valence-electron chi connectivity index (χ0n) is 15.6. The predicted octanol–water partition coefficient (Wildman–Crippen LogP) is 4.66. The average molecular weight is 408 g/mol. The van der Waals surface area contributed by atoms with Crippen molar-refractivity contribution in [1.82, 2.24) is 24.2 Å². The first-order chi connectivity index (χ1) is 13.7. The van der Waals surface area contributed by atoms with Gasteiger partial charge in [-0.1, -0.05) is 30.3 Å². The summed E-state index contributed by atoms with van der Waals surface area (Å²) in [6.45, 7) is 1.51. The highest BCUT2D eigenvalue weighted by Gasteiger charge is 2.16. The van der Waals surface area contributed by atoms with Crippen LogP contribution in [0.1, 0.15) is 5.69 Å². The maximum Gasteiger partial charge on any atom is 0.204 e. The van der Waals surface area contributed by atoms with E-state index in [2.05, 4.69) is 46.6 Å². The molecule has 0 atom stereocenters. The van der Waals surface area contributed by atoms with Crippen LogP contribution >= 0.6 is 23.6 Å². The molecule has 0 amide bonds. The van der Waals surface area contributed by atoms with Gasteiger partial charge in [0.2, 0.25) is 4.77 Å². The summed E-state index contributed by atoms with van der Waals surface area (Å²) in [5, 5.41) is 6.91. The number of para-hydroxylation sites is 1. The number of hydrogen-bond acceptors (Lipinski definition) is 5. The Labute approximate surface area is 173 Å². The van der Waals surface area contributed by atoms with Crippen LogP contribution in [-0.4, -0.2) is 37.8 Å². The molecule has 3 aromatic heterocycles. The number of benzene rings is 1. The van der Waals surface area contributed by atoms with E-state index >= 15 is 0 Å². The predicted molar refractivity (Wildman–Crippen MR) is 116 cm³/mol. The van der Waals surface area contributed by atoms with E-state index in [4.69, 9.17) is 17.3 Å². The SMILES string of the molecule is CN(CCc1ccccn1)Cn1nc(-c2cccs2)n(-c2ccccc2)c1=S. The van der Waals surface area contributed by atoms with E-state index in [0.717, 1.165) is 35.0 Å². The summed E-state index contributed by atoms with van der Waals surface area (Å²) in [5.74, 6) is 0.879. The lowest BCUT2D eigenvalue weighted by Crippen LogP contribution is -2.25. The van der Waals surface area contributed by atoms with E-state index in [9.17, 15) is 0 Å². The second-order valence-electron chi connectivity index (χ2n) is 6.55. The van der Waals surface area contributed by atoms with Crippen LogP contribution in [0.5, 0.6) is 0 Å². The van der Waals surface area contributed by atoms with E-state index in [0.29, 0.717) is 11.4 Å². The Morgan fingerprint density at radius 3 is 2.57 bits per heavy atom. The first-order valence-electron chi connectivity index (χ1n) is 9.10. The third-order valence-corrected chi connectivity index (χ3v) is 5.71. The molecule has 4 aromatic rings. The lowest BCUT2D eigenvalue weighted by molar-refractivity contribution is 0.254. The minimum atomic E-state index is 0.629. The van der Waals surface area contributed by atoms with Crippen LogP contribution in [0, 0.1) is 4.77 Å². The fourth-order valence-electron chi connectivity index (χ4n) is 3.03. The number of likely N-dealkylation sites (N-methyl/N-ethyl adjacent to an activating group) is 1. The second kappa shape index (κ2) is 8.60. The van der Waals surface area contributed by atoms with Crippen molar-refractivity contribution in [2.45, 2.75) is 13.1 Å². The van der Waals surface area contributed by atoms with Gasteiger partial charge in [0.25, 0.3) is 0 Å². The van der Waals surface area contributed by atoms with Crippen molar-refractivity contribution >= 4 is 23.6 Å². The third-order valence-electron chi connectivity index (χ3n) is 4.45. The smallest absolute Gasteiger partial charge is 0.204 e. The molecule has 0 fully saturated rings. The molecular formula is C21H21N5S2. The molecule has 142 valence electrons. The standard InChI is InChI=1S/C21H21N5S2/c1-24(14-12-17-8-5-6-13-22-17)16-25-21(27)26(18-9-3-2-4-10-18)20(23-25)19-11-7-15-28-19/h2-11,13,15H,12,14,16H2,1H3. The van der Waals surface area contributed by atoms with Crippen molar-refractivity contribution < 1.29 is 0 Å². The van der Waals surface area contributed by atoms with Gasteiger partial charge in [-0.3, -0.25) is 14.5 Å². The molecule has 0 aliphatic carbocycles. The zero-order valence-corrected chi connectivity index (χ0v) is 17.2. The molecule has 28 heavy (non-hydrogen) atoms. The Morgan fingerprint density at radius 2 is 1.86 bits per heavy atom. The number of pyridine rings is 1. The van der Waals surface area contributed by atoms with Crippen LogP contribution in [0.3, 0.4) is 0 Å². The normalized spacial score (nSPS) is 11.2. The summed E-state index contributed by atoms with van der Waals surface area (Å²) < 4.78 is 4.64. The summed E-state index contributed by atoms with van der Waals surface area (Å²) in [6.07, 6.45) is 2.72. The third kappa shape index (κ3) is 4.11. The molecule has 7 heteroatoms. The van der Waals surface area contributed by atoms with Crippen LogP contribution in [0.4, 0.5) is 0 Å². The Kier molecular flexibility index (Phi) is 5.76. The summed E-state index contributed by atoms with van der Waals surface area (Å²) in [6, 6.07) is 20.3. The number of nitrogens with zero attached hydrogens (tertiary/aromatic N) is 5. The monoisotopic (exact) mass is 407 g/mol. The molecule has 5 nitrogen and oxygen atoms in total. The van der Waals surface area contributed by atoms with Crippen molar-refractivity contribution in [2.75, 3.05) is 13.6 Å². The number of hydrogen-bond donors (Lipinski definition) is 0. The van der Waals surface area contributed by atoms with Crippen LogP contribution < -0.4 is 0 Å². The molecule has 0 aliphatic heterocycles. The average Bonchev–Trinajstić information content (AvgIpc) is 3.37. The molecule has 0 bridgehead atoms. The molecule has 0 saturated carbocycles. The molecule has 4 rings (SSSR count). The number of rotatable bonds is 7. The van der Waals surface area contributed by atoms with Crippen molar-refractivity contribution in [3.63, 3.8) is 0 Å². The van der Waals surface area contributed by atoms with Crippen molar-refractivity contribution in [3.05, 3.63) is 82.7 Å². The number of aromatic nitrogens is 4. The minimum Gasteiger partial charge on any atom is -0.287 e. The molecule has 0 saturated heterocycles. The maximum atomic E-state index is 5.79. The van der Waals surface area contributed by atoms with Crippen LogP contribution in [-0.2, 0) is 13.1 Å². The van der Waals surface area contributed by atoms with Crippen LogP contribution in [0.25, 0.3) is 16.4 Å². The van der Waals surface area contributed by atoms with Crippen LogP contribution in [0.15, 0.2) is 72.2 Å². The minimum absolute atomic E-state index is 0.629. The van der Waals surface area contributed by atoms with E-state index in [1.54, 1.807) is 11.3 Å². The van der Waals surface area contributed by atoms with E-state index < -0.39 is 0 Å². The van der Waals surface area contributed by atoms with E-state index in [1.165, 1.54) is 0 Å². The van der Waals surface area contributed by atoms with Gasteiger partial charge in [-0.2, -0.15) is 0 Å². The Hall–Kier alpha value is -2.61. The highest BCUT2D eigenvalue weighted by Crippen LogP contribution is 2.26. The topological polar surface area (TPSA) is 38.9 Å². The van der Waals surface area contributed by atoms with Crippen molar-refractivity contribution in [2.24, 2.45) is 0 Å². The van der Waals surface area contributed by atoms with Gasteiger partial charge in [-0.05, 0) is 55.0 Å². The molecule has 1 aromatic carbocycles. The van der Waals surface area contributed by atoms with E-state index in [1.807, 2.05) is 51.8 Å². The highest BCUT2D eigenvalue weighted by atomic mass is 32.1. The molecule has 3 heterocycles. The van der Waals surface area contributed by atoms with Gasteiger partial charge in [-0.15, -0.1) is 16.4 Å². The summed E-state index contributed by atoms with van der Waals surface area (Å²) in [4.78, 5) is 7.71. The summed E-state index contributed by atoms with van der Waals surface area (Å²) in [7, 11) is 2.08. The number of thiophene rings is 1. The quantitative estimate of drug-likeness (QED) is 0.418. The summed E-state index contributed by atoms with van der Waals surface area (Å²) >= 11 is 7.46. The van der Waals surface area contributed by atoms with Gasteiger partial charge < -0.3 is 0 Å². The molecule has 0 unspecified atom stereocenters. The lowest BCUT2D eigenvalue weighted by Gasteiger charge is -2.16. The second-order valence-corrected chi connectivity index (χ2v) is 7.86. The molecule has 0 aliphatic rings. The van der Waals surface area contributed by atoms with E-state index in [-0.39, 0.29) is 0 Å².